The van der Waals surface area contributed by atoms with Crippen molar-refractivity contribution in [1.82, 2.24) is 9.55 Å². The van der Waals surface area contributed by atoms with Crippen LogP contribution in [-0.2, 0) is 6.54 Å². The molecule has 0 bridgehead atoms. The van der Waals surface area contributed by atoms with E-state index in [1.165, 1.54) is 5.56 Å². The quantitative estimate of drug-likeness (QED) is 0.913. The lowest BCUT2D eigenvalue weighted by atomic mass is 10.1. The van der Waals surface area contributed by atoms with E-state index in [1.807, 2.05) is 0 Å². The van der Waals surface area contributed by atoms with Gasteiger partial charge in [0.2, 0.25) is 0 Å². The van der Waals surface area contributed by atoms with Gasteiger partial charge in [-0.1, -0.05) is 29.8 Å². The Balaban J connectivity index is 1.74. The van der Waals surface area contributed by atoms with Crippen molar-refractivity contribution >= 4 is 5.82 Å². The molecule has 0 radical (unpaired) electrons. The largest absolute Gasteiger partial charge is 0.361 e. The summed E-state index contributed by atoms with van der Waals surface area (Å²) in [5.41, 5.74) is 2.36. The first-order chi connectivity index (χ1) is 9.24. The lowest BCUT2D eigenvalue weighted by Gasteiger charge is -2.08. The summed E-state index contributed by atoms with van der Waals surface area (Å²) in [7, 11) is 0. The second-order valence-corrected chi connectivity index (χ2v) is 5.06. The summed E-state index contributed by atoms with van der Waals surface area (Å²) in [5.74, 6) is 0.440. The van der Waals surface area contributed by atoms with E-state index in [0.717, 1.165) is 18.4 Å². The molecule has 0 unspecified atom stereocenters. The van der Waals surface area contributed by atoms with Crippen molar-refractivity contribution in [2.75, 3.05) is 5.32 Å². The van der Waals surface area contributed by atoms with Gasteiger partial charge in [-0.25, -0.2) is 4.98 Å². The maximum atomic E-state index is 12.2. The topological polar surface area (TPSA) is 46.9 Å². The molecular weight excluding hydrogens is 238 g/mol. The van der Waals surface area contributed by atoms with Gasteiger partial charge >= 0.3 is 0 Å². The van der Waals surface area contributed by atoms with Crippen LogP contribution in [0.25, 0.3) is 0 Å². The van der Waals surface area contributed by atoms with Gasteiger partial charge in [-0.05, 0) is 25.3 Å². The molecule has 1 saturated carbocycles. The molecule has 1 heterocycles. The molecule has 98 valence electrons. The Bertz CT molecular complexity index is 627. The van der Waals surface area contributed by atoms with Crippen molar-refractivity contribution in [3.63, 3.8) is 0 Å². The van der Waals surface area contributed by atoms with Crippen LogP contribution in [0.15, 0.2) is 41.5 Å². The average molecular weight is 255 g/mol. The number of hydrogen-bond acceptors (Lipinski definition) is 3. The number of aryl methyl sites for hydroxylation is 1. The number of rotatable bonds is 4. The van der Waals surface area contributed by atoms with E-state index < -0.39 is 0 Å². The summed E-state index contributed by atoms with van der Waals surface area (Å²) in [4.78, 5) is 16.3. The Morgan fingerprint density at radius 2 is 2.05 bits per heavy atom. The Kier molecular flexibility index (Phi) is 3.07. The van der Waals surface area contributed by atoms with Crippen LogP contribution in [0.4, 0.5) is 5.82 Å². The summed E-state index contributed by atoms with van der Waals surface area (Å²) in [6.45, 7) is 2.68. The number of nitrogens with zero attached hydrogens (tertiary/aromatic N) is 2. The molecule has 2 aromatic rings. The van der Waals surface area contributed by atoms with Gasteiger partial charge in [0.1, 0.15) is 0 Å². The molecule has 19 heavy (non-hydrogen) atoms. The number of aromatic nitrogens is 2. The van der Waals surface area contributed by atoms with Gasteiger partial charge in [0, 0.05) is 25.0 Å². The standard InChI is InChI=1S/C15H17N3O/c1-11-2-4-12(5-3-11)10-17-14-15(19)18(9-8-16-14)13-6-7-13/h2-5,8-9,13H,6-7,10H2,1H3,(H,16,17). The zero-order valence-corrected chi connectivity index (χ0v) is 11.0. The number of anilines is 1. The van der Waals surface area contributed by atoms with Crippen molar-refractivity contribution < 1.29 is 0 Å². The second-order valence-electron chi connectivity index (χ2n) is 5.06. The molecule has 0 spiro atoms. The SMILES string of the molecule is Cc1ccc(CNc2nccn(C3CC3)c2=O)cc1. The molecule has 1 aromatic heterocycles. The van der Waals surface area contributed by atoms with Gasteiger partial charge in [-0.2, -0.15) is 0 Å². The average Bonchev–Trinajstić information content (AvgIpc) is 3.24. The molecule has 0 atom stereocenters. The van der Waals surface area contributed by atoms with Gasteiger partial charge in [-0.15, -0.1) is 0 Å². The maximum Gasteiger partial charge on any atom is 0.293 e. The molecule has 0 amide bonds. The van der Waals surface area contributed by atoms with Crippen LogP contribution >= 0.6 is 0 Å². The highest BCUT2D eigenvalue weighted by Crippen LogP contribution is 2.33. The third kappa shape index (κ3) is 2.67. The fourth-order valence-corrected chi connectivity index (χ4v) is 2.08. The molecule has 1 aromatic carbocycles. The lowest BCUT2D eigenvalue weighted by molar-refractivity contribution is 0.699. The second kappa shape index (κ2) is 4.88. The van der Waals surface area contributed by atoms with Crippen molar-refractivity contribution in [3.05, 3.63) is 58.1 Å². The molecule has 3 rings (SSSR count). The van der Waals surface area contributed by atoms with E-state index in [4.69, 9.17) is 0 Å². The van der Waals surface area contributed by atoms with Gasteiger partial charge < -0.3 is 9.88 Å². The molecule has 4 nitrogen and oxygen atoms in total. The molecule has 0 saturated heterocycles. The summed E-state index contributed by atoms with van der Waals surface area (Å²) in [6.07, 6.45) is 5.66. The van der Waals surface area contributed by atoms with Crippen LogP contribution in [0.2, 0.25) is 0 Å². The molecule has 1 aliphatic rings. The highest BCUT2D eigenvalue weighted by atomic mass is 16.1. The van der Waals surface area contributed by atoms with Gasteiger partial charge in [-0.3, -0.25) is 4.79 Å². The highest BCUT2D eigenvalue weighted by molar-refractivity contribution is 5.33. The third-order valence-electron chi connectivity index (χ3n) is 3.39. The molecule has 1 fully saturated rings. The normalized spacial score (nSPS) is 14.4. The van der Waals surface area contributed by atoms with Gasteiger partial charge in [0.15, 0.2) is 5.82 Å². The summed E-state index contributed by atoms with van der Waals surface area (Å²) >= 11 is 0. The van der Waals surface area contributed by atoms with Crippen molar-refractivity contribution in [1.29, 1.82) is 0 Å². The fourth-order valence-electron chi connectivity index (χ4n) is 2.08. The Labute approximate surface area is 112 Å². The van der Waals surface area contributed by atoms with Crippen LogP contribution in [-0.4, -0.2) is 9.55 Å². The zero-order valence-electron chi connectivity index (χ0n) is 11.0. The third-order valence-corrected chi connectivity index (χ3v) is 3.39. The van der Waals surface area contributed by atoms with Crippen molar-refractivity contribution in [3.8, 4) is 0 Å². The van der Waals surface area contributed by atoms with Gasteiger partial charge in [0.05, 0.1) is 0 Å². The van der Waals surface area contributed by atoms with Crippen LogP contribution < -0.4 is 10.9 Å². The van der Waals surface area contributed by atoms with E-state index in [0.29, 0.717) is 18.4 Å². The van der Waals surface area contributed by atoms with E-state index >= 15 is 0 Å². The monoisotopic (exact) mass is 255 g/mol. The van der Waals surface area contributed by atoms with Crippen LogP contribution in [0.1, 0.15) is 30.0 Å². The molecule has 1 N–H and O–H groups in total. The van der Waals surface area contributed by atoms with E-state index in [2.05, 4.69) is 41.5 Å². The van der Waals surface area contributed by atoms with Crippen LogP contribution in [0.5, 0.6) is 0 Å². The predicted octanol–water partition coefficient (Wildman–Crippen LogP) is 2.50. The highest BCUT2D eigenvalue weighted by Gasteiger charge is 2.25. The predicted molar refractivity (Wildman–Crippen MR) is 75.3 cm³/mol. The number of hydrogen-bond donors (Lipinski definition) is 1. The number of nitrogens with one attached hydrogen (secondary N) is 1. The number of benzene rings is 1. The Morgan fingerprint density at radius 1 is 1.32 bits per heavy atom. The minimum absolute atomic E-state index is 0.0166. The zero-order chi connectivity index (χ0) is 13.2. The minimum atomic E-state index is -0.0166. The fraction of sp³-hybridized carbons (Fsp3) is 0.333. The lowest BCUT2D eigenvalue weighted by Crippen LogP contribution is -2.23. The summed E-state index contributed by atoms with van der Waals surface area (Å²) in [5, 5.41) is 3.13. The van der Waals surface area contributed by atoms with Gasteiger partial charge in [0.25, 0.3) is 5.56 Å². The molecular formula is C15H17N3O. The molecule has 0 aliphatic heterocycles. The minimum Gasteiger partial charge on any atom is -0.361 e. The van der Waals surface area contributed by atoms with E-state index in [-0.39, 0.29) is 5.56 Å². The summed E-state index contributed by atoms with van der Waals surface area (Å²) in [6, 6.07) is 8.64. The molecule has 1 aliphatic carbocycles. The van der Waals surface area contributed by atoms with Crippen molar-refractivity contribution in [2.45, 2.75) is 32.4 Å². The first-order valence-corrected chi connectivity index (χ1v) is 6.60. The maximum absolute atomic E-state index is 12.2. The summed E-state index contributed by atoms with van der Waals surface area (Å²) < 4.78 is 1.78. The Morgan fingerprint density at radius 3 is 2.74 bits per heavy atom. The van der Waals surface area contributed by atoms with Crippen LogP contribution in [0.3, 0.4) is 0 Å². The smallest absolute Gasteiger partial charge is 0.293 e. The van der Waals surface area contributed by atoms with Crippen molar-refractivity contribution in [2.24, 2.45) is 0 Å². The van der Waals surface area contributed by atoms with E-state index in [1.54, 1.807) is 17.0 Å². The first kappa shape index (κ1) is 12.0. The molecule has 4 heteroatoms. The van der Waals surface area contributed by atoms with E-state index in [9.17, 15) is 4.79 Å². The Hall–Kier alpha value is -2.10. The first-order valence-electron chi connectivity index (χ1n) is 6.60. The van der Waals surface area contributed by atoms with Crippen LogP contribution in [0, 0.1) is 6.92 Å².